The summed E-state index contributed by atoms with van der Waals surface area (Å²) in [4.78, 5) is 0. The molecule has 0 bridgehead atoms. The van der Waals surface area contributed by atoms with Crippen LogP contribution in [0.3, 0.4) is 0 Å². The third-order valence-corrected chi connectivity index (χ3v) is 1.87. The highest BCUT2D eigenvalue weighted by molar-refractivity contribution is 7.85. The van der Waals surface area contributed by atoms with Crippen molar-refractivity contribution in [3.8, 4) is 0 Å². The van der Waals surface area contributed by atoms with Gasteiger partial charge in [0, 0.05) is 7.11 Å². The van der Waals surface area contributed by atoms with Gasteiger partial charge in [0.25, 0.3) is 10.1 Å². The van der Waals surface area contributed by atoms with Gasteiger partial charge >= 0.3 is 0 Å². The topological polar surface area (TPSA) is 91.3 Å². The van der Waals surface area contributed by atoms with E-state index in [1.165, 1.54) is 0 Å². The highest BCUT2D eigenvalue weighted by Crippen LogP contribution is 1.85. The first-order valence-electron chi connectivity index (χ1n) is 4.73. The van der Waals surface area contributed by atoms with Crippen LogP contribution in [0.15, 0.2) is 0 Å². The average molecular weight is 258 g/mol. The lowest BCUT2D eigenvalue weighted by atomic mass is 10.7. The molecule has 0 rings (SSSR count). The van der Waals surface area contributed by atoms with Crippen LogP contribution in [0.2, 0.25) is 0 Å². The monoisotopic (exact) mass is 258 g/mol. The van der Waals surface area contributed by atoms with Crippen molar-refractivity contribution in [3.63, 3.8) is 0 Å². The molecule has 0 unspecified atom stereocenters. The maximum Gasteiger partial charge on any atom is 0.289 e. The molecule has 1 N–H and O–H groups in total. The molecule has 0 spiro atoms. The van der Waals surface area contributed by atoms with Crippen LogP contribution in [0.4, 0.5) is 0 Å². The fraction of sp³-hybridized carbons (Fsp3) is 1.00. The van der Waals surface area contributed by atoms with Crippen molar-refractivity contribution in [2.75, 3.05) is 52.7 Å². The van der Waals surface area contributed by atoms with E-state index in [0.29, 0.717) is 26.4 Å². The number of methoxy groups -OCH3 is 1. The summed E-state index contributed by atoms with van der Waals surface area (Å²) in [7, 11) is -2.46. The van der Waals surface area contributed by atoms with E-state index in [4.69, 9.17) is 18.8 Å². The second-order valence-corrected chi connectivity index (χ2v) is 4.23. The average Bonchev–Trinajstić information content (AvgIpc) is 2.19. The summed E-state index contributed by atoms with van der Waals surface area (Å²) in [6, 6.07) is 0. The Hall–Kier alpha value is -0.250. The van der Waals surface area contributed by atoms with Crippen LogP contribution in [-0.2, 0) is 29.1 Å². The third kappa shape index (κ3) is 13.8. The molecule has 0 aliphatic heterocycles. The van der Waals surface area contributed by atoms with E-state index in [1.807, 2.05) is 0 Å². The predicted octanol–water partition coefficient (Wildman–Crippen LogP) is -0.472. The molecule has 0 aromatic carbocycles. The highest BCUT2D eigenvalue weighted by Gasteiger charge is 2.02. The Morgan fingerprint density at radius 3 is 1.75 bits per heavy atom. The standard InChI is InChI=1S/C8H18O7S/c1-12-2-3-13-4-5-14-6-7-15-8-16(9,10)11/h2-8H2,1H3,(H,9,10,11). The largest absolute Gasteiger partial charge is 0.382 e. The molecule has 0 aromatic rings. The fourth-order valence-corrected chi connectivity index (χ4v) is 1.07. The summed E-state index contributed by atoms with van der Waals surface area (Å²) in [5, 5.41) is 0. The maximum absolute atomic E-state index is 10.2. The molecule has 98 valence electrons. The van der Waals surface area contributed by atoms with Crippen LogP contribution in [0.25, 0.3) is 0 Å². The molecular weight excluding hydrogens is 240 g/mol. The lowest BCUT2D eigenvalue weighted by molar-refractivity contribution is 0.00836. The molecule has 0 aliphatic carbocycles. The Bertz CT molecular complexity index is 239. The Morgan fingerprint density at radius 2 is 1.31 bits per heavy atom. The number of rotatable bonds is 11. The van der Waals surface area contributed by atoms with Crippen LogP contribution < -0.4 is 0 Å². The van der Waals surface area contributed by atoms with E-state index in [2.05, 4.69) is 4.74 Å². The summed E-state index contributed by atoms with van der Waals surface area (Å²) in [6.07, 6.45) is 0. The van der Waals surface area contributed by atoms with Crippen LogP contribution >= 0.6 is 0 Å². The normalized spacial score (nSPS) is 11.9. The zero-order valence-corrected chi connectivity index (χ0v) is 10.1. The van der Waals surface area contributed by atoms with Crippen LogP contribution in [0, 0.1) is 0 Å². The minimum absolute atomic E-state index is 0.109. The lowest BCUT2D eigenvalue weighted by Crippen LogP contribution is -2.14. The quantitative estimate of drug-likeness (QED) is 0.395. The van der Waals surface area contributed by atoms with Crippen molar-refractivity contribution in [2.24, 2.45) is 0 Å². The van der Waals surface area contributed by atoms with E-state index < -0.39 is 16.1 Å². The molecule has 0 saturated heterocycles. The van der Waals surface area contributed by atoms with Gasteiger partial charge in [-0.25, -0.2) is 0 Å². The van der Waals surface area contributed by atoms with Gasteiger partial charge in [-0.15, -0.1) is 0 Å². The zero-order chi connectivity index (χ0) is 12.3. The molecule has 0 heterocycles. The van der Waals surface area contributed by atoms with E-state index in [1.54, 1.807) is 7.11 Å². The zero-order valence-electron chi connectivity index (χ0n) is 9.25. The minimum Gasteiger partial charge on any atom is -0.382 e. The second-order valence-electron chi connectivity index (χ2n) is 2.83. The van der Waals surface area contributed by atoms with E-state index >= 15 is 0 Å². The second kappa shape index (κ2) is 9.94. The number of hydrogen-bond donors (Lipinski definition) is 1. The van der Waals surface area contributed by atoms with Gasteiger partial charge in [0.15, 0.2) is 5.94 Å². The van der Waals surface area contributed by atoms with Crippen molar-refractivity contribution in [1.82, 2.24) is 0 Å². The molecule has 0 aliphatic rings. The minimum atomic E-state index is -4.05. The first-order valence-corrected chi connectivity index (χ1v) is 6.34. The Morgan fingerprint density at radius 1 is 0.875 bits per heavy atom. The maximum atomic E-state index is 10.2. The van der Waals surface area contributed by atoms with Crippen LogP contribution in [-0.4, -0.2) is 65.7 Å². The molecule has 0 amide bonds. The third-order valence-electron chi connectivity index (χ3n) is 1.41. The van der Waals surface area contributed by atoms with Gasteiger partial charge in [-0.3, -0.25) is 4.55 Å². The van der Waals surface area contributed by atoms with Gasteiger partial charge in [-0.05, 0) is 0 Å². The van der Waals surface area contributed by atoms with Gasteiger partial charge < -0.3 is 18.9 Å². The molecular formula is C8H18O7S. The molecule has 0 radical (unpaired) electrons. The van der Waals surface area contributed by atoms with Crippen LogP contribution in [0.5, 0.6) is 0 Å². The summed E-state index contributed by atoms with van der Waals surface area (Å²) in [5.41, 5.74) is 0. The van der Waals surface area contributed by atoms with Gasteiger partial charge in [-0.2, -0.15) is 8.42 Å². The SMILES string of the molecule is COCCOCCOCCOCS(=O)(=O)O. The summed E-state index contributed by atoms with van der Waals surface area (Å²) in [6.45, 7) is 2.26. The van der Waals surface area contributed by atoms with Crippen molar-refractivity contribution in [3.05, 3.63) is 0 Å². The van der Waals surface area contributed by atoms with Crippen molar-refractivity contribution >= 4 is 10.1 Å². The van der Waals surface area contributed by atoms with Gasteiger partial charge in [0.05, 0.1) is 39.6 Å². The fourth-order valence-electron chi connectivity index (χ4n) is 0.746. The molecule has 16 heavy (non-hydrogen) atoms. The van der Waals surface area contributed by atoms with E-state index in [0.717, 1.165) is 0 Å². The van der Waals surface area contributed by atoms with Gasteiger partial charge in [-0.1, -0.05) is 0 Å². The molecule has 0 fully saturated rings. The van der Waals surface area contributed by atoms with Gasteiger partial charge in [0.1, 0.15) is 0 Å². The first kappa shape index (κ1) is 15.8. The molecule has 0 saturated carbocycles. The van der Waals surface area contributed by atoms with Crippen LogP contribution in [0.1, 0.15) is 0 Å². The van der Waals surface area contributed by atoms with Crippen molar-refractivity contribution < 1.29 is 31.9 Å². The molecule has 7 nitrogen and oxygen atoms in total. The summed E-state index contributed by atoms with van der Waals surface area (Å²) >= 11 is 0. The molecule has 8 heteroatoms. The summed E-state index contributed by atoms with van der Waals surface area (Å²) in [5.74, 6) is -0.708. The number of hydrogen-bond acceptors (Lipinski definition) is 6. The van der Waals surface area contributed by atoms with Crippen molar-refractivity contribution in [1.29, 1.82) is 0 Å². The Labute approximate surface area is 95.4 Å². The van der Waals surface area contributed by atoms with Gasteiger partial charge in [0.2, 0.25) is 0 Å². The Balaban J connectivity index is 3.05. The molecule has 0 atom stereocenters. The van der Waals surface area contributed by atoms with E-state index in [-0.39, 0.29) is 13.2 Å². The lowest BCUT2D eigenvalue weighted by Gasteiger charge is -2.05. The van der Waals surface area contributed by atoms with E-state index in [9.17, 15) is 8.42 Å². The highest BCUT2D eigenvalue weighted by atomic mass is 32.2. The smallest absolute Gasteiger partial charge is 0.289 e. The first-order chi connectivity index (χ1) is 7.56. The number of ether oxygens (including phenoxy) is 4. The molecule has 0 aromatic heterocycles. The predicted molar refractivity (Wildman–Crippen MR) is 55.9 cm³/mol. The van der Waals surface area contributed by atoms with Crippen molar-refractivity contribution in [2.45, 2.75) is 0 Å². The Kier molecular flexibility index (Phi) is 9.78. The summed E-state index contributed by atoms with van der Waals surface area (Å²) < 4.78 is 48.3.